The van der Waals surface area contributed by atoms with E-state index in [2.05, 4.69) is 26.3 Å². The fourth-order valence-corrected chi connectivity index (χ4v) is 4.71. The van der Waals surface area contributed by atoms with Gasteiger partial charge in [-0.2, -0.15) is 0 Å². The predicted octanol–water partition coefficient (Wildman–Crippen LogP) is 1.13. The molecular weight excluding hydrogens is 556 g/mol. The molecule has 2 aromatic heterocycles. The SMILES string of the molecule is CC(=O)N[C@@H](C)C(=O)N[C@@H](CC(N)=O)C(=O)N[C@@H](Cc1c[nH]c2ccccc12)C(=O)Nc1ccc2c(C)cc(=O)oc2c1. The van der Waals surface area contributed by atoms with Crippen LogP contribution in [0.5, 0.6) is 0 Å². The van der Waals surface area contributed by atoms with Crippen LogP contribution < -0.4 is 32.6 Å². The highest BCUT2D eigenvalue weighted by molar-refractivity contribution is 6.01. The van der Waals surface area contributed by atoms with Gasteiger partial charge in [0.05, 0.1) is 6.42 Å². The number of fused-ring (bicyclic) bond motifs is 2. The molecule has 43 heavy (non-hydrogen) atoms. The van der Waals surface area contributed by atoms with Crippen molar-refractivity contribution in [2.75, 3.05) is 5.32 Å². The second-order valence-corrected chi connectivity index (χ2v) is 10.2. The van der Waals surface area contributed by atoms with Crippen LogP contribution in [-0.4, -0.2) is 52.6 Å². The van der Waals surface area contributed by atoms with E-state index in [0.717, 1.165) is 16.5 Å². The summed E-state index contributed by atoms with van der Waals surface area (Å²) in [5.41, 5.74) is 7.66. The zero-order chi connectivity index (χ0) is 31.3. The number of carbonyl (C=O) groups is 5. The Morgan fingerprint density at radius 1 is 0.907 bits per heavy atom. The second-order valence-electron chi connectivity index (χ2n) is 10.2. The molecule has 4 aromatic rings. The van der Waals surface area contributed by atoms with Crippen LogP contribution in [-0.2, 0) is 30.4 Å². The summed E-state index contributed by atoms with van der Waals surface area (Å²) in [6.07, 6.45) is 1.22. The molecule has 0 fully saturated rings. The Kier molecular flexibility index (Phi) is 9.23. The molecule has 2 aromatic carbocycles. The third-order valence-corrected chi connectivity index (χ3v) is 6.80. The average Bonchev–Trinajstić information content (AvgIpc) is 3.34. The van der Waals surface area contributed by atoms with Gasteiger partial charge in [-0.15, -0.1) is 0 Å². The van der Waals surface area contributed by atoms with Crippen molar-refractivity contribution < 1.29 is 28.4 Å². The number of hydrogen-bond acceptors (Lipinski definition) is 7. The summed E-state index contributed by atoms with van der Waals surface area (Å²) < 4.78 is 5.28. The fourth-order valence-electron chi connectivity index (χ4n) is 4.71. The molecule has 224 valence electrons. The number of carbonyl (C=O) groups excluding carboxylic acids is 5. The number of anilines is 1. The maximum atomic E-state index is 13.6. The molecule has 0 bridgehead atoms. The van der Waals surface area contributed by atoms with Gasteiger partial charge in [-0.1, -0.05) is 18.2 Å². The van der Waals surface area contributed by atoms with E-state index in [4.69, 9.17) is 10.2 Å². The molecule has 13 heteroatoms. The number of amides is 5. The lowest BCUT2D eigenvalue weighted by Gasteiger charge is -2.24. The molecule has 5 amide bonds. The lowest BCUT2D eigenvalue weighted by Crippen LogP contribution is -2.56. The van der Waals surface area contributed by atoms with Gasteiger partial charge in [0, 0.05) is 53.7 Å². The zero-order valence-corrected chi connectivity index (χ0v) is 23.8. The molecule has 3 atom stereocenters. The van der Waals surface area contributed by atoms with Gasteiger partial charge in [0.2, 0.25) is 29.5 Å². The van der Waals surface area contributed by atoms with Crippen molar-refractivity contribution >= 4 is 57.1 Å². The fraction of sp³-hybridized carbons (Fsp3) is 0.267. The number of benzene rings is 2. The highest BCUT2D eigenvalue weighted by Crippen LogP contribution is 2.22. The number of rotatable bonds is 11. The molecule has 0 saturated carbocycles. The Hall–Kier alpha value is -5.46. The zero-order valence-electron chi connectivity index (χ0n) is 23.8. The highest BCUT2D eigenvalue weighted by atomic mass is 16.4. The highest BCUT2D eigenvalue weighted by Gasteiger charge is 2.30. The van der Waals surface area contributed by atoms with E-state index in [-0.39, 0.29) is 12.0 Å². The molecule has 0 unspecified atom stereocenters. The summed E-state index contributed by atoms with van der Waals surface area (Å²) in [4.78, 5) is 77.8. The summed E-state index contributed by atoms with van der Waals surface area (Å²) in [5, 5.41) is 11.7. The third-order valence-electron chi connectivity index (χ3n) is 6.80. The number of aryl methyl sites for hydroxylation is 1. The molecule has 0 spiro atoms. The maximum Gasteiger partial charge on any atom is 0.336 e. The van der Waals surface area contributed by atoms with Crippen LogP contribution in [0.3, 0.4) is 0 Å². The van der Waals surface area contributed by atoms with Crippen molar-refractivity contribution in [3.05, 3.63) is 76.3 Å². The lowest BCUT2D eigenvalue weighted by molar-refractivity contribution is -0.134. The van der Waals surface area contributed by atoms with Gasteiger partial charge in [0.1, 0.15) is 23.7 Å². The predicted molar refractivity (Wildman–Crippen MR) is 159 cm³/mol. The monoisotopic (exact) mass is 588 g/mol. The number of aromatic amines is 1. The Bertz CT molecular complexity index is 1780. The van der Waals surface area contributed by atoms with Gasteiger partial charge in [-0.25, -0.2) is 4.79 Å². The minimum absolute atomic E-state index is 0.0445. The Morgan fingerprint density at radius 2 is 1.63 bits per heavy atom. The third kappa shape index (κ3) is 7.64. The van der Waals surface area contributed by atoms with Crippen molar-refractivity contribution in [3.63, 3.8) is 0 Å². The first kappa shape index (κ1) is 30.5. The van der Waals surface area contributed by atoms with E-state index >= 15 is 0 Å². The van der Waals surface area contributed by atoms with E-state index in [0.29, 0.717) is 16.6 Å². The molecule has 0 saturated heterocycles. The Labute approximate surface area is 245 Å². The molecule has 13 nitrogen and oxygen atoms in total. The van der Waals surface area contributed by atoms with Gasteiger partial charge in [0.25, 0.3) is 0 Å². The number of hydrogen-bond donors (Lipinski definition) is 6. The largest absolute Gasteiger partial charge is 0.423 e. The molecule has 7 N–H and O–H groups in total. The summed E-state index contributed by atoms with van der Waals surface area (Å²) in [5.74, 6) is -3.48. The van der Waals surface area contributed by atoms with E-state index in [9.17, 15) is 28.8 Å². The van der Waals surface area contributed by atoms with Crippen molar-refractivity contribution in [1.82, 2.24) is 20.9 Å². The lowest BCUT2D eigenvalue weighted by atomic mass is 10.0. The van der Waals surface area contributed by atoms with Crippen LogP contribution in [0.15, 0.2) is 63.9 Å². The number of nitrogens with one attached hydrogen (secondary N) is 5. The first-order chi connectivity index (χ1) is 20.4. The van der Waals surface area contributed by atoms with Gasteiger partial charge < -0.3 is 36.4 Å². The van der Waals surface area contributed by atoms with Crippen molar-refractivity contribution in [3.8, 4) is 0 Å². The van der Waals surface area contributed by atoms with Crippen molar-refractivity contribution in [1.29, 1.82) is 0 Å². The summed E-state index contributed by atoms with van der Waals surface area (Å²) in [7, 11) is 0. The number of nitrogens with two attached hydrogens (primary N) is 1. The number of H-pyrrole nitrogens is 1. The minimum atomic E-state index is -1.42. The quantitative estimate of drug-likeness (QED) is 0.141. The van der Waals surface area contributed by atoms with Crippen LogP contribution in [0, 0.1) is 6.92 Å². The maximum absolute atomic E-state index is 13.6. The number of para-hydroxylation sites is 1. The van der Waals surface area contributed by atoms with Crippen molar-refractivity contribution in [2.45, 2.75) is 51.7 Å². The van der Waals surface area contributed by atoms with Crippen molar-refractivity contribution in [2.24, 2.45) is 5.73 Å². The van der Waals surface area contributed by atoms with E-state index in [1.165, 1.54) is 26.0 Å². The Morgan fingerprint density at radius 3 is 2.35 bits per heavy atom. The molecule has 0 aliphatic heterocycles. The van der Waals surface area contributed by atoms with Crippen LogP contribution in [0.1, 0.15) is 31.4 Å². The van der Waals surface area contributed by atoms with E-state index in [1.807, 2.05) is 24.3 Å². The van der Waals surface area contributed by atoms with Gasteiger partial charge in [-0.05, 0) is 43.2 Å². The molecule has 0 aliphatic rings. The standard InChI is InChI=1S/C30H32N6O7/c1-15-10-27(39)43-25-12-19(8-9-20(15)25)34-29(41)23(11-18-14-32-22-7-5-4-6-21(18)22)36-30(42)24(13-26(31)38)35-28(40)16(2)33-17(3)37/h4-10,12,14,16,23-24,32H,11,13H2,1-3H3,(H2,31,38)(H,33,37)(H,34,41)(H,35,40)(H,36,42)/t16-,23-,24-/m0/s1. The minimum Gasteiger partial charge on any atom is -0.423 e. The smallest absolute Gasteiger partial charge is 0.336 e. The van der Waals surface area contributed by atoms with E-state index in [1.54, 1.807) is 25.3 Å². The summed E-state index contributed by atoms with van der Waals surface area (Å²) >= 11 is 0. The normalized spacial score (nSPS) is 13.1. The number of primary amides is 1. The first-order valence-electron chi connectivity index (χ1n) is 13.5. The van der Waals surface area contributed by atoms with E-state index < -0.39 is 59.7 Å². The first-order valence-corrected chi connectivity index (χ1v) is 13.5. The average molecular weight is 589 g/mol. The summed E-state index contributed by atoms with van der Waals surface area (Å²) in [6.45, 7) is 4.41. The molecular formula is C30H32N6O7. The topological polar surface area (TPSA) is 205 Å². The molecule has 4 rings (SSSR count). The van der Waals surface area contributed by atoms with Gasteiger partial charge in [0.15, 0.2) is 0 Å². The summed E-state index contributed by atoms with van der Waals surface area (Å²) in [6, 6.07) is 10.0. The van der Waals surface area contributed by atoms with Crippen LogP contribution in [0.4, 0.5) is 5.69 Å². The molecule has 0 radical (unpaired) electrons. The van der Waals surface area contributed by atoms with Gasteiger partial charge in [-0.3, -0.25) is 24.0 Å². The van der Waals surface area contributed by atoms with Crippen LogP contribution >= 0.6 is 0 Å². The molecule has 0 aliphatic carbocycles. The molecule has 2 heterocycles. The van der Waals surface area contributed by atoms with Crippen LogP contribution in [0.25, 0.3) is 21.9 Å². The van der Waals surface area contributed by atoms with Crippen LogP contribution in [0.2, 0.25) is 0 Å². The number of aromatic nitrogens is 1. The second kappa shape index (κ2) is 13.0. The van der Waals surface area contributed by atoms with Gasteiger partial charge >= 0.3 is 5.63 Å². The Balaban J connectivity index is 1.61.